The standard InChI is InChI=1S/C24H23N5O3/c1-3-31-18-8-9-19-20(13-18)28-24(22(25)30)29-23(19)27-16-7-10-21(15(2)12-16)32-14-17-6-4-5-11-26-17/h4-13H,3,14H2,1-2H3,(H2,25,30)(H,27,28,29). The van der Waals surface area contributed by atoms with Gasteiger partial charge >= 0.3 is 0 Å². The first-order valence-corrected chi connectivity index (χ1v) is 10.2. The molecule has 8 nitrogen and oxygen atoms in total. The first-order valence-electron chi connectivity index (χ1n) is 10.2. The molecular weight excluding hydrogens is 406 g/mol. The second-order valence-corrected chi connectivity index (χ2v) is 7.09. The lowest BCUT2D eigenvalue weighted by molar-refractivity contribution is 0.0991. The number of nitrogens with one attached hydrogen (secondary N) is 1. The largest absolute Gasteiger partial charge is 0.494 e. The Labute approximate surface area is 185 Å². The molecule has 3 N–H and O–H groups in total. The lowest BCUT2D eigenvalue weighted by Crippen LogP contribution is -2.16. The predicted octanol–water partition coefficient (Wildman–Crippen LogP) is 4.15. The molecule has 0 unspecified atom stereocenters. The van der Waals surface area contributed by atoms with Crippen LogP contribution in [0.3, 0.4) is 0 Å². The summed E-state index contributed by atoms with van der Waals surface area (Å²) in [7, 11) is 0. The number of anilines is 2. The van der Waals surface area contributed by atoms with Gasteiger partial charge in [0.15, 0.2) is 0 Å². The minimum absolute atomic E-state index is 0.0688. The van der Waals surface area contributed by atoms with Crippen LogP contribution >= 0.6 is 0 Å². The zero-order chi connectivity index (χ0) is 22.5. The number of hydrogen-bond donors (Lipinski definition) is 2. The molecule has 0 aliphatic heterocycles. The Morgan fingerprint density at radius 1 is 1.06 bits per heavy atom. The van der Waals surface area contributed by atoms with Crippen molar-refractivity contribution >= 4 is 28.3 Å². The van der Waals surface area contributed by atoms with Crippen molar-refractivity contribution in [3.05, 3.63) is 77.9 Å². The molecule has 0 saturated heterocycles. The van der Waals surface area contributed by atoms with Gasteiger partial charge in [-0.3, -0.25) is 9.78 Å². The van der Waals surface area contributed by atoms with Crippen LogP contribution in [0.25, 0.3) is 10.9 Å². The smallest absolute Gasteiger partial charge is 0.286 e. The molecule has 0 atom stereocenters. The number of aromatic nitrogens is 3. The van der Waals surface area contributed by atoms with Crippen molar-refractivity contribution in [3.63, 3.8) is 0 Å². The highest BCUT2D eigenvalue weighted by Crippen LogP contribution is 2.29. The maximum atomic E-state index is 11.8. The van der Waals surface area contributed by atoms with Crippen molar-refractivity contribution in [2.75, 3.05) is 11.9 Å². The van der Waals surface area contributed by atoms with Crippen molar-refractivity contribution < 1.29 is 14.3 Å². The van der Waals surface area contributed by atoms with E-state index in [1.54, 1.807) is 12.3 Å². The summed E-state index contributed by atoms with van der Waals surface area (Å²) in [6, 6.07) is 16.9. The molecule has 162 valence electrons. The summed E-state index contributed by atoms with van der Waals surface area (Å²) in [5.74, 6) is 1.12. The number of carbonyl (C=O) groups excluding carboxylic acids is 1. The topological polar surface area (TPSA) is 112 Å². The minimum atomic E-state index is -0.703. The highest BCUT2D eigenvalue weighted by Gasteiger charge is 2.13. The number of hydrogen-bond acceptors (Lipinski definition) is 7. The van der Waals surface area contributed by atoms with Gasteiger partial charge in [-0.25, -0.2) is 9.97 Å². The van der Waals surface area contributed by atoms with E-state index in [0.29, 0.717) is 30.3 Å². The summed E-state index contributed by atoms with van der Waals surface area (Å²) in [5.41, 5.74) is 8.59. The number of nitrogens with zero attached hydrogens (tertiary/aromatic N) is 3. The number of rotatable bonds is 8. The van der Waals surface area contributed by atoms with E-state index in [4.69, 9.17) is 15.2 Å². The van der Waals surface area contributed by atoms with Gasteiger partial charge in [-0.05, 0) is 61.9 Å². The van der Waals surface area contributed by atoms with E-state index in [-0.39, 0.29) is 5.82 Å². The van der Waals surface area contributed by atoms with E-state index in [9.17, 15) is 4.79 Å². The van der Waals surface area contributed by atoms with E-state index in [2.05, 4.69) is 20.3 Å². The third-order valence-corrected chi connectivity index (χ3v) is 4.74. The maximum Gasteiger partial charge on any atom is 0.286 e. The number of pyridine rings is 1. The van der Waals surface area contributed by atoms with Crippen molar-refractivity contribution in [2.24, 2.45) is 5.73 Å². The van der Waals surface area contributed by atoms with E-state index >= 15 is 0 Å². The molecule has 4 rings (SSSR count). The van der Waals surface area contributed by atoms with Crippen LogP contribution in [0.15, 0.2) is 60.8 Å². The van der Waals surface area contributed by atoms with Gasteiger partial charge in [0, 0.05) is 23.3 Å². The quantitative estimate of drug-likeness (QED) is 0.433. The molecule has 0 fully saturated rings. The third kappa shape index (κ3) is 4.75. The molecule has 0 saturated carbocycles. The van der Waals surface area contributed by atoms with Gasteiger partial charge in [-0.1, -0.05) is 6.07 Å². The first kappa shape index (κ1) is 21.0. The Balaban J connectivity index is 1.60. The SMILES string of the molecule is CCOc1ccc2c(Nc3ccc(OCc4ccccn4)c(C)c3)nc(C(N)=O)nc2c1. The fourth-order valence-electron chi connectivity index (χ4n) is 3.23. The van der Waals surface area contributed by atoms with Gasteiger partial charge in [-0.2, -0.15) is 0 Å². The second-order valence-electron chi connectivity index (χ2n) is 7.09. The fraction of sp³-hybridized carbons (Fsp3) is 0.167. The molecule has 0 spiro atoms. The Kier molecular flexibility index (Phi) is 6.12. The highest BCUT2D eigenvalue weighted by molar-refractivity contribution is 5.97. The summed E-state index contributed by atoms with van der Waals surface area (Å²) < 4.78 is 11.4. The van der Waals surface area contributed by atoms with Crippen LogP contribution < -0.4 is 20.5 Å². The maximum absolute atomic E-state index is 11.8. The number of aryl methyl sites for hydroxylation is 1. The number of nitrogens with two attached hydrogens (primary N) is 1. The zero-order valence-electron chi connectivity index (χ0n) is 17.8. The Hall–Kier alpha value is -4.20. The van der Waals surface area contributed by atoms with Gasteiger partial charge in [0.1, 0.15) is 23.9 Å². The van der Waals surface area contributed by atoms with Crippen LogP contribution in [0.1, 0.15) is 28.8 Å². The van der Waals surface area contributed by atoms with Crippen LogP contribution in [0.4, 0.5) is 11.5 Å². The fourth-order valence-corrected chi connectivity index (χ4v) is 3.23. The first-order chi connectivity index (χ1) is 15.5. The number of benzene rings is 2. The van der Waals surface area contributed by atoms with Gasteiger partial charge in [-0.15, -0.1) is 0 Å². The normalized spacial score (nSPS) is 10.7. The molecule has 32 heavy (non-hydrogen) atoms. The van der Waals surface area contributed by atoms with Gasteiger partial charge in [0.25, 0.3) is 5.91 Å². The predicted molar refractivity (Wildman–Crippen MR) is 122 cm³/mol. The van der Waals surface area contributed by atoms with Crippen molar-refractivity contribution in [1.29, 1.82) is 0 Å². The van der Waals surface area contributed by atoms with Gasteiger partial charge in [0.05, 0.1) is 17.8 Å². The summed E-state index contributed by atoms with van der Waals surface area (Å²) in [4.78, 5) is 24.6. The summed E-state index contributed by atoms with van der Waals surface area (Å²) in [6.45, 7) is 4.77. The second kappa shape index (κ2) is 9.30. The zero-order valence-corrected chi connectivity index (χ0v) is 17.8. The van der Waals surface area contributed by atoms with Crippen molar-refractivity contribution in [2.45, 2.75) is 20.5 Å². The molecule has 0 aliphatic carbocycles. The van der Waals surface area contributed by atoms with Crippen LogP contribution in [-0.2, 0) is 6.61 Å². The van der Waals surface area contributed by atoms with E-state index < -0.39 is 5.91 Å². The van der Waals surface area contributed by atoms with Crippen LogP contribution in [0.2, 0.25) is 0 Å². The Bertz CT molecular complexity index is 1260. The van der Waals surface area contributed by atoms with Gasteiger partial charge < -0.3 is 20.5 Å². The molecule has 2 heterocycles. The molecule has 0 bridgehead atoms. The lowest BCUT2D eigenvalue weighted by Gasteiger charge is -2.13. The summed E-state index contributed by atoms with van der Waals surface area (Å²) in [6.07, 6.45) is 1.74. The van der Waals surface area contributed by atoms with Crippen LogP contribution in [0.5, 0.6) is 11.5 Å². The Morgan fingerprint density at radius 3 is 2.66 bits per heavy atom. The lowest BCUT2D eigenvalue weighted by atomic mass is 10.2. The molecule has 4 aromatic rings. The molecule has 1 amide bonds. The number of primary amides is 1. The monoisotopic (exact) mass is 429 g/mol. The Morgan fingerprint density at radius 2 is 1.94 bits per heavy atom. The molecule has 0 aliphatic rings. The average molecular weight is 429 g/mol. The molecule has 8 heteroatoms. The highest BCUT2D eigenvalue weighted by atomic mass is 16.5. The number of ether oxygens (including phenoxy) is 2. The number of fused-ring (bicyclic) bond motifs is 1. The summed E-state index contributed by atoms with van der Waals surface area (Å²) in [5, 5.41) is 4.01. The molecular formula is C24H23N5O3. The number of carbonyl (C=O) groups is 1. The van der Waals surface area contributed by atoms with E-state index in [0.717, 1.165) is 28.1 Å². The number of amides is 1. The van der Waals surface area contributed by atoms with Crippen molar-refractivity contribution in [3.8, 4) is 11.5 Å². The minimum Gasteiger partial charge on any atom is -0.494 e. The molecule has 2 aromatic heterocycles. The third-order valence-electron chi connectivity index (χ3n) is 4.74. The van der Waals surface area contributed by atoms with Gasteiger partial charge in [0.2, 0.25) is 5.82 Å². The van der Waals surface area contributed by atoms with Crippen LogP contribution in [-0.4, -0.2) is 27.5 Å². The van der Waals surface area contributed by atoms with E-state index in [1.165, 1.54) is 0 Å². The molecule has 0 radical (unpaired) electrons. The van der Waals surface area contributed by atoms with Crippen LogP contribution in [0, 0.1) is 6.92 Å². The van der Waals surface area contributed by atoms with Crippen molar-refractivity contribution in [1.82, 2.24) is 15.0 Å². The average Bonchev–Trinajstić information content (AvgIpc) is 2.79. The van der Waals surface area contributed by atoms with E-state index in [1.807, 2.05) is 62.4 Å². The summed E-state index contributed by atoms with van der Waals surface area (Å²) >= 11 is 0. The molecule has 2 aromatic carbocycles.